The SMILES string of the molecule is NC(=O)[C@H](CCCNC(=O)OCc1ccccc1)NCc1ccc2ccccc2n1. The minimum absolute atomic E-state index is 0.219. The molecule has 0 aliphatic carbocycles. The van der Waals surface area contributed by atoms with Crippen molar-refractivity contribution in [1.82, 2.24) is 15.6 Å². The van der Waals surface area contributed by atoms with E-state index in [4.69, 9.17) is 10.5 Å². The third-order valence-corrected chi connectivity index (χ3v) is 4.68. The minimum atomic E-state index is -0.500. The third-order valence-electron chi connectivity index (χ3n) is 4.68. The van der Waals surface area contributed by atoms with E-state index in [1.807, 2.05) is 66.7 Å². The predicted octanol–water partition coefficient (Wildman–Crippen LogP) is 2.88. The molecule has 4 N–H and O–H groups in total. The number of nitrogens with zero attached hydrogens (tertiary/aromatic N) is 1. The first-order valence-electron chi connectivity index (χ1n) is 9.94. The Hall–Kier alpha value is -3.45. The predicted molar refractivity (Wildman–Crippen MR) is 115 cm³/mol. The molecule has 0 unspecified atom stereocenters. The summed E-state index contributed by atoms with van der Waals surface area (Å²) in [5.41, 5.74) is 8.18. The number of ether oxygens (including phenoxy) is 1. The zero-order chi connectivity index (χ0) is 21.2. The molecule has 0 saturated carbocycles. The number of alkyl carbamates (subject to hydrolysis) is 1. The van der Waals surface area contributed by atoms with Crippen LogP contribution < -0.4 is 16.4 Å². The van der Waals surface area contributed by atoms with Crippen molar-refractivity contribution < 1.29 is 14.3 Å². The quantitative estimate of drug-likeness (QED) is 0.449. The number of fused-ring (bicyclic) bond motifs is 1. The van der Waals surface area contributed by atoms with E-state index in [1.54, 1.807) is 0 Å². The van der Waals surface area contributed by atoms with Gasteiger partial charge in [0.05, 0.1) is 17.3 Å². The Bertz CT molecular complexity index is 978. The summed E-state index contributed by atoms with van der Waals surface area (Å²) in [4.78, 5) is 28.1. The van der Waals surface area contributed by atoms with Crippen LogP contribution in [0.4, 0.5) is 4.79 Å². The van der Waals surface area contributed by atoms with E-state index in [0.717, 1.165) is 22.2 Å². The number of para-hydroxylation sites is 1. The van der Waals surface area contributed by atoms with E-state index in [0.29, 0.717) is 25.9 Å². The summed E-state index contributed by atoms with van der Waals surface area (Å²) in [6.45, 7) is 1.05. The minimum Gasteiger partial charge on any atom is -0.445 e. The lowest BCUT2D eigenvalue weighted by atomic mass is 10.1. The van der Waals surface area contributed by atoms with Crippen molar-refractivity contribution in [1.29, 1.82) is 0 Å². The fourth-order valence-electron chi connectivity index (χ4n) is 3.05. The number of aromatic nitrogens is 1. The molecule has 7 heteroatoms. The Labute approximate surface area is 175 Å². The topological polar surface area (TPSA) is 106 Å². The lowest BCUT2D eigenvalue weighted by molar-refractivity contribution is -0.120. The van der Waals surface area contributed by atoms with Gasteiger partial charge in [-0.1, -0.05) is 54.6 Å². The van der Waals surface area contributed by atoms with Gasteiger partial charge in [0.1, 0.15) is 6.61 Å². The van der Waals surface area contributed by atoms with E-state index in [9.17, 15) is 9.59 Å². The number of carbonyl (C=O) groups excluding carboxylic acids is 2. The molecule has 0 saturated heterocycles. The summed E-state index contributed by atoms with van der Waals surface area (Å²) in [5.74, 6) is -0.428. The molecule has 0 aliphatic heterocycles. The summed E-state index contributed by atoms with van der Waals surface area (Å²) in [6, 6.07) is 20.8. The monoisotopic (exact) mass is 406 g/mol. The fraction of sp³-hybridized carbons (Fsp3) is 0.261. The summed E-state index contributed by atoms with van der Waals surface area (Å²) >= 11 is 0. The van der Waals surface area contributed by atoms with Crippen LogP contribution in [0.2, 0.25) is 0 Å². The number of amides is 2. The van der Waals surface area contributed by atoms with Crippen molar-refractivity contribution in [3.8, 4) is 0 Å². The highest BCUT2D eigenvalue weighted by molar-refractivity contribution is 5.80. The van der Waals surface area contributed by atoms with Gasteiger partial charge >= 0.3 is 6.09 Å². The molecule has 0 radical (unpaired) electrons. The molecular formula is C23H26N4O3. The van der Waals surface area contributed by atoms with E-state index in [2.05, 4.69) is 15.6 Å². The van der Waals surface area contributed by atoms with Crippen LogP contribution in [0, 0.1) is 0 Å². The van der Waals surface area contributed by atoms with Crippen molar-refractivity contribution in [3.63, 3.8) is 0 Å². The van der Waals surface area contributed by atoms with E-state index < -0.39 is 18.0 Å². The van der Waals surface area contributed by atoms with Gasteiger partial charge in [0.25, 0.3) is 0 Å². The molecule has 2 amide bonds. The standard InChI is InChI=1S/C23H26N4O3/c24-22(28)21(26-15-19-13-12-18-9-4-5-10-20(18)27-19)11-6-14-25-23(29)30-16-17-7-2-1-3-8-17/h1-5,7-10,12-13,21,26H,6,11,14-16H2,(H2,24,28)(H,25,29)/t21-/m0/s1. The maximum absolute atomic E-state index is 11.8. The van der Waals surface area contributed by atoms with Crippen LogP contribution in [-0.2, 0) is 22.7 Å². The first-order valence-corrected chi connectivity index (χ1v) is 9.94. The molecule has 7 nitrogen and oxygen atoms in total. The van der Waals surface area contributed by atoms with Crippen molar-refractivity contribution in [2.75, 3.05) is 6.54 Å². The molecule has 1 atom stereocenters. The molecule has 30 heavy (non-hydrogen) atoms. The van der Waals surface area contributed by atoms with Crippen LogP contribution in [-0.4, -0.2) is 29.6 Å². The largest absolute Gasteiger partial charge is 0.445 e. The second-order valence-corrected chi connectivity index (χ2v) is 6.96. The summed E-state index contributed by atoms with van der Waals surface area (Å²) in [7, 11) is 0. The van der Waals surface area contributed by atoms with Gasteiger partial charge in [-0.05, 0) is 30.5 Å². The van der Waals surface area contributed by atoms with Crippen molar-refractivity contribution >= 4 is 22.9 Å². The lowest BCUT2D eigenvalue weighted by Crippen LogP contribution is -2.41. The molecule has 156 valence electrons. The normalized spacial score (nSPS) is 11.7. The Morgan fingerprint density at radius 1 is 1.00 bits per heavy atom. The third kappa shape index (κ3) is 6.56. The van der Waals surface area contributed by atoms with E-state index >= 15 is 0 Å². The summed E-state index contributed by atoms with van der Waals surface area (Å²) in [6.07, 6.45) is 0.608. The molecule has 1 aromatic heterocycles. The molecule has 3 rings (SSSR count). The zero-order valence-electron chi connectivity index (χ0n) is 16.7. The number of pyridine rings is 1. The molecule has 1 heterocycles. The Balaban J connectivity index is 1.38. The average Bonchev–Trinajstić information content (AvgIpc) is 2.77. The molecule has 3 aromatic rings. The second-order valence-electron chi connectivity index (χ2n) is 6.96. The Morgan fingerprint density at radius 2 is 1.77 bits per heavy atom. The summed E-state index contributed by atoms with van der Waals surface area (Å²) in [5, 5.41) is 6.91. The van der Waals surface area contributed by atoms with Gasteiger partial charge < -0.3 is 21.1 Å². The lowest BCUT2D eigenvalue weighted by Gasteiger charge is -2.15. The van der Waals surface area contributed by atoms with Crippen LogP contribution in [0.25, 0.3) is 10.9 Å². The van der Waals surface area contributed by atoms with Crippen molar-refractivity contribution in [2.45, 2.75) is 32.0 Å². The van der Waals surface area contributed by atoms with Crippen LogP contribution >= 0.6 is 0 Å². The van der Waals surface area contributed by atoms with Gasteiger partial charge in [-0.3, -0.25) is 9.78 Å². The molecule has 0 fully saturated rings. The van der Waals surface area contributed by atoms with Gasteiger partial charge in [-0.25, -0.2) is 4.79 Å². The highest BCUT2D eigenvalue weighted by atomic mass is 16.5. The Kier molecular flexibility index (Phi) is 7.74. The number of carbonyl (C=O) groups is 2. The number of hydrogen-bond acceptors (Lipinski definition) is 5. The fourth-order valence-corrected chi connectivity index (χ4v) is 3.05. The van der Waals surface area contributed by atoms with Gasteiger partial charge in [0.2, 0.25) is 5.91 Å². The van der Waals surface area contributed by atoms with Gasteiger partial charge in [0.15, 0.2) is 0 Å². The number of benzene rings is 2. The average molecular weight is 406 g/mol. The smallest absolute Gasteiger partial charge is 0.407 e. The van der Waals surface area contributed by atoms with Crippen LogP contribution in [0.3, 0.4) is 0 Å². The van der Waals surface area contributed by atoms with Gasteiger partial charge in [0, 0.05) is 18.5 Å². The molecular weight excluding hydrogens is 380 g/mol. The first kappa shape index (κ1) is 21.3. The zero-order valence-corrected chi connectivity index (χ0v) is 16.7. The molecule has 2 aromatic carbocycles. The molecule has 0 aliphatic rings. The number of nitrogens with two attached hydrogens (primary N) is 1. The van der Waals surface area contributed by atoms with Crippen molar-refractivity contribution in [3.05, 3.63) is 78.0 Å². The van der Waals surface area contributed by atoms with E-state index in [-0.39, 0.29) is 6.61 Å². The first-order chi connectivity index (χ1) is 14.6. The van der Waals surface area contributed by atoms with Crippen molar-refractivity contribution in [2.24, 2.45) is 5.73 Å². The molecule has 0 spiro atoms. The van der Waals surface area contributed by atoms with E-state index in [1.165, 1.54) is 0 Å². The maximum atomic E-state index is 11.8. The Morgan fingerprint density at radius 3 is 2.57 bits per heavy atom. The number of hydrogen-bond donors (Lipinski definition) is 3. The maximum Gasteiger partial charge on any atom is 0.407 e. The summed E-state index contributed by atoms with van der Waals surface area (Å²) < 4.78 is 5.16. The van der Waals surface area contributed by atoms with Crippen LogP contribution in [0.15, 0.2) is 66.7 Å². The van der Waals surface area contributed by atoms with Crippen LogP contribution in [0.5, 0.6) is 0 Å². The highest BCUT2D eigenvalue weighted by Gasteiger charge is 2.15. The van der Waals surface area contributed by atoms with Gasteiger partial charge in [-0.2, -0.15) is 0 Å². The van der Waals surface area contributed by atoms with Gasteiger partial charge in [-0.15, -0.1) is 0 Å². The van der Waals surface area contributed by atoms with Crippen LogP contribution in [0.1, 0.15) is 24.1 Å². The highest BCUT2D eigenvalue weighted by Crippen LogP contribution is 2.12. The number of nitrogens with one attached hydrogen (secondary N) is 2. The number of primary amides is 1. The molecule has 0 bridgehead atoms. The second kappa shape index (κ2) is 10.9. The number of rotatable bonds is 10.